The van der Waals surface area contributed by atoms with Gasteiger partial charge in [-0.15, -0.1) is 0 Å². The molecule has 0 aromatic carbocycles. The van der Waals surface area contributed by atoms with Gasteiger partial charge in [0.2, 0.25) is 11.6 Å². The third-order valence-electron chi connectivity index (χ3n) is 8.66. The Balaban J connectivity index is 1.83. The van der Waals surface area contributed by atoms with Gasteiger partial charge in [-0.3, -0.25) is 14.4 Å². The third-order valence-corrected chi connectivity index (χ3v) is 8.66. The second kappa shape index (κ2) is 6.52. The van der Waals surface area contributed by atoms with Crippen molar-refractivity contribution in [2.24, 2.45) is 34.5 Å². The Labute approximate surface area is 175 Å². The summed E-state index contributed by atoms with van der Waals surface area (Å²) in [5, 5.41) is 11.1. The smallest absolute Gasteiger partial charge is 0.221 e. The number of fused-ring (bicyclic) bond motifs is 5. The van der Waals surface area contributed by atoms with Gasteiger partial charge in [-0.1, -0.05) is 32.1 Å². The highest BCUT2D eigenvalue weighted by Crippen LogP contribution is 2.70. The molecule has 0 aromatic heterocycles. The number of rotatable bonds is 3. The molecule has 0 spiro atoms. The van der Waals surface area contributed by atoms with Crippen LogP contribution in [0.4, 0.5) is 8.78 Å². The fourth-order valence-corrected chi connectivity index (χ4v) is 7.33. The van der Waals surface area contributed by atoms with E-state index < -0.39 is 58.1 Å². The minimum atomic E-state index is -2.31. The van der Waals surface area contributed by atoms with Crippen molar-refractivity contribution in [3.05, 3.63) is 36.5 Å². The molecule has 4 nitrogen and oxygen atoms in total. The molecule has 9 atom stereocenters. The molecule has 0 saturated heterocycles. The fraction of sp³-hybridized carbons (Fsp3) is 0.625. The summed E-state index contributed by atoms with van der Waals surface area (Å²) < 4.78 is 32.5. The first-order chi connectivity index (χ1) is 13.9. The standard InChI is InChI=1S/C24H28F2O4/c1-5-17(28)21(30)19-12(2)8-15-20-16(25)10-13-9-14(27)6-7-23(13,4)24(20,26)18(29)11-22(15,19)3/h5-7,9,12,15-16,18-20,29H,1,8,10-11H2,2-4H3/t12?,15-,16?,18?,19+,20+,22-,23-,24+/m0/s1. The van der Waals surface area contributed by atoms with Gasteiger partial charge in [-0.25, -0.2) is 8.78 Å². The number of ketones is 3. The normalized spacial score (nSPS) is 49.5. The highest BCUT2D eigenvalue weighted by atomic mass is 19.2. The summed E-state index contributed by atoms with van der Waals surface area (Å²) in [4.78, 5) is 36.8. The lowest BCUT2D eigenvalue weighted by Crippen LogP contribution is -2.69. The Morgan fingerprint density at radius 2 is 2.00 bits per heavy atom. The zero-order valence-electron chi connectivity index (χ0n) is 17.5. The van der Waals surface area contributed by atoms with E-state index >= 15 is 8.78 Å². The first kappa shape index (κ1) is 21.3. The molecule has 4 aliphatic rings. The Bertz CT molecular complexity index is 907. The van der Waals surface area contributed by atoms with Gasteiger partial charge in [0, 0.05) is 23.7 Å². The van der Waals surface area contributed by atoms with E-state index in [-0.39, 0.29) is 24.5 Å². The van der Waals surface area contributed by atoms with E-state index in [9.17, 15) is 19.5 Å². The molecule has 6 heteroatoms. The number of carbonyl (C=O) groups is 3. The minimum Gasteiger partial charge on any atom is -0.390 e. The van der Waals surface area contributed by atoms with E-state index in [1.165, 1.54) is 18.2 Å². The molecule has 4 rings (SSSR count). The first-order valence-electron chi connectivity index (χ1n) is 10.6. The Morgan fingerprint density at radius 3 is 2.63 bits per heavy atom. The lowest BCUT2D eigenvalue weighted by atomic mass is 9.44. The number of aliphatic hydroxyl groups excluding tert-OH is 1. The molecule has 3 fully saturated rings. The third kappa shape index (κ3) is 2.43. The van der Waals surface area contributed by atoms with Gasteiger partial charge in [0.15, 0.2) is 11.5 Å². The van der Waals surface area contributed by atoms with Crippen LogP contribution in [0.3, 0.4) is 0 Å². The molecule has 0 radical (unpaired) electrons. The van der Waals surface area contributed by atoms with Crippen LogP contribution in [0, 0.1) is 34.5 Å². The van der Waals surface area contributed by atoms with Crippen molar-refractivity contribution in [3.63, 3.8) is 0 Å². The highest BCUT2D eigenvalue weighted by Gasteiger charge is 2.74. The van der Waals surface area contributed by atoms with Crippen LogP contribution in [0.5, 0.6) is 0 Å². The molecule has 4 aliphatic carbocycles. The largest absolute Gasteiger partial charge is 0.390 e. The van der Waals surface area contributed by atoms with Crippen molar-refractivity contribution in [3.8, 4) is 0 Å². The number of hydrogen-bond acceptors (Lipinski definition) is 4. The number of halogens is 2. The highest BCUT2D eigenvalue weighted by molar-refractivity contribution is 6.42. The Hall–Kier alpha value is -1.95. The topological polar surface area (TPSA) is 71.4 Å². The number of hydrogen-bond donors (Lipinski definition) is 1. The van der Waals surface area contributed by atoms with Crippen LogP contribution in [-0.4, -0.2) is 40.4 Å². The van der Waals surface area contributed by atoms with Crippen LogP contribution in [-0.2, 0) is 14.4 Å². The van der Waals surface area contributed by atoms with E-state index in [2.05, 4.69) is 6.58 Å². The maximum Gasteiger partial charge on any atom is 0.221 e. The summed E-state index contributed by atoms with van der Waals surface area (Å²) in [7, 11) is 0. The summed E-state index contributed by atoms with van der Waals surface area (Å²) in [6, 6.07) is 0. The van der Waals surface area contributed by atoms with Gasteiger partial charge in [-0.2, -0.15) is 0 Å². The maximum atomic E-state index is 16.9. The lowest BCUT2D eigenvalue weighted by molar-refractivity contribution is -0.212. The molecule has 0 aromatic rings. The van der Waals surface area contributed by atoms with Crippen LogP contribution in [0.1, 0.15) is 40.0 Å². The second-order valence-corrected chi connectivity index (χ2v) is 10.1. The number of aliphatic hydroxyl groups is 1. The van der Waals surface area contributed by atoms with Crippen LogP contribution in [0.25, 0.3) is 0 Å². The molecule has 0 heterocycles. The van der Waals surface area contributed by atoms with Crippen molar-refractivity contribution in [1.82, 2.24) is 0 Å². The first-order valence-corrected chi connectivity index (χ1v) is 10.6. The molecule has 1 N–H and O–H groups in total. The molecular weight excluding hydrogens is 390 g/mol. The average molecular weight is 418 g/mol. The van der Waals surface area contributed by atoms with Crippen molar-refractivity contribution in [1.29, 1.82) is 0 Å². The zero-order valence-corrected chi connectivity index (χ0v) is 17.5. The minimum absolute atomic E-state index is 0.0484. The molecule has 162 valence electrons. The number of Topliss-reactive ketones (excluding diaryl/α,β-unsaturated/α-hetero) is 1. The summed E-state index contributed by atoms with van der Waals surface area (Å²) in [6.45, 7) is 8.62. The summed E-state index contributed by atoms with van der Waals surface area (Å²) in [5.74, 6) is -4.21. The van der Waals surface area contributed by atoms with Crippen LogP contribution in [0.2, 0.25) is 0 Å². The van der Waals surface area contributed by atoms with Crippen LogP contribution >= 0.6 is 0 Å². The maximum absolute atomic E-state index is 16.9. The quantitative estimate of drug-likeness (QED) is 0.563. The van der Waals surface area contributed by atoms with Gasteiger partial charge >= 0.3 is 0 Å². The molecule has 3 unspecified atom stereocenters. The van der Waals surface area contributed by atoms with Gasteiger partial charge < -0.3 is 5.11 Å². The Morgan fingerprint density at radius 1 is 1.33 bits per heavy atom. The predicted molar refractivity (Wildman–Crippen MR) is 107 cm³/mol. The van der Waals surface area contributed by atoms with E-state index in [0.717, 1.165) is 6.08 Å². The van der Waals surface area contributed by atoms with Crippen molar-refractivity contribution >= 4 is 17.3 Å². The fourth-order valence-electron chi connectivity index (χ4n) is 7.33. The average Bonchev–Trinajstić information content (AvgIpc) is 2.92. The summed E-state index contributed by atoms with van der Waals surface area (Å²) in [6.07, 6.45) is 2.16. The second-order valence-electron chi connectivity index (χ2n) is 10.1. The van der Waals surface area contributed by atoms with Crippen molar-refractivity contribution in [2.75, 3.05) is 0 Å². The molecule has 30 heavy (non-hydrogen) atoms. The van der Waals surface area contributed by atoms with Gasteiger partial charge in [0.1, 0.15) is 6.17 Å². The zero-order chi connectivity index (χ0) is 22.2. The summed E-state index contributed by atoms with van der Waals surface area (Å²) in [5.41, 5.74) is -4.13. The van der Waals surface area contributed by atoms with Crippen LogP contribution < -0.4 is 0 Å². The monoisotopic (exact) mass is 418 g/mol. The van der Waals surface area contributed by atoms with Gasteiger partial charge in [-0.05, 0) is 55.2 Å². The van der Waals surface area contributed by atoms with Crippen molar-refractivity contribution < 1.29 is 28.3 Å². The SMILES string of the molecule is C=CC(=O)C(=O)[C@H]1C(C)C[C@H]2[C@@H]3C(F)CC4=CC(=O)C=C[C@]4(C)[C@@]3(F)C(O)C[C@]12C. The molecule has 0 amide bonds. The van der Waals surface area contributed by atoms with E-state index in [4.69, 9.17) is 0 Å². The van der Waals surface area contributed by atoms with E-state index in [1.54, 1.807) is 13.8 Å². The van der Waals surface area contributed by atoms with E-state index in [1.807, 2.05) is 6.92 Å². The van der Waals surface area contributed by atoms with Gasteiger partial charge in [0.05, 0.1) is 6.10 Å². The van der Waals surface area contributed by atoms with Crippen molar-refractivity contribution in [2.45, 2.75) is 58.0 Å². The number of allylic oxidation sites excluding steroid dienone is 5. The molecule has 0 aliphatic heterocycles. The molecule has 0 bridgehead atoms. The van der Waals surface area contributed by atoms with Crippen LogP contribution in [0.15, 0.2) is 36.5 Å². The molecule has 3 saturated carbocycles. The Kier molecular flexibility index (Phi) is 4.63. The number of carbonyl (C=O) groups excluding carboxylic acids is 3. The van der Waals surface area contributed by atoms with E-state index in [0.29, 0.717) is 12.0 Å². The lowest BCUT2D eigenvalue weighted by Gasteiger charge is -2.62. The summed E-state index contributed by atoms with van der Waals surface area (Å²) >= 11 is 0. The number of alkyl halides is 2. The van der Waals surface area contributed by atoms with Gasteiger partial charge in [0.25, 0.3) is 0 Å². The molecular formula is C24H28F2O4. The predicted octanol–water partition coefficient (Wildman–Crippen LogP) is 3.49.